The van der Waals surface area contributed by atoms with Crippen LogP contribution in [-0.2, 0) is 10.8 Å². The van der Waals surface area contributed by atoms with Crippen LogP contribution in [0.2, 0.25) is 0 Å². The summed E-state index contributed by atoms with van der Waals surface area (Å²) in [6.07, 6.45) is 19.4. The molecule has 2 aliphatic heterocycles. The van der Waals surface area contributed by atoms with Crippen LogP contribution in [0.25, 0.3) is 21.5 Å². The summed E-state index contributed by atoms with van der Waals surface area (Å²) in [7, 11) is 4.42. The molecular weight excluding hydrogens is 532 g/mol. The van der Waals surface area contributed by atoms with Gasteiger partial charge in [-0.3, -0.25) is 0 Å². The Morgan fingerprint density at radius 2 is 1.43 bits per heavy atom. The lowest BCUT2D eigenvalue weighted by Gasteiger charge is -2.27. The molecule has 4 aromatic rings. The second-order valence-electron chi connectivity index (χ2n) is 13.4. The number of fused-ring (bicyclic) bond motifs is 6. The molecule has 0 saturated heterocycles. The molecule has 44 heavy (non-hydrogen) atoms. The first-order valence-electron chi connectivity index (χ1n) is 16.1. The van der Waals surface area contributed by atoms with E-state index >= 15 is 0 Å². The number of hydrogen-bond acceptors (Lipinski definition) is 1. The Labute approximate surface area is 262 Å². The molecular formula is C42H43N2+. The molecule has 0 aromatic heterocycles. The van der Waals surface area contributed by atoms with Crippen molar-refractivity contribution in [1.29, 1.82) is 0 Å². The summed E-state index contributed by atoms with van der Waals surface area (Å²) in [5.41, 5.74) is 11.0. The lowest BCUT2D eigenvalue weighted by atomic mass is 9.77. The maximum Gasteiger partial charge on any atom is 0.210 e. The van der Waals surface area contributed by atoms with E-state index in [1.807, 2.05) is 0 Å². The first-order chi connectivity index (χ1) is 21.2. The van der Waals surface area contributed by atoms with E-state index in [-0.39, 0.29) is 10.8 Å². The molecule has 0 spiro atoms. The van der Waals surface area contributed by atoms with Crippen LogP contribution in [0, 0.1) is 0 Å². The topological polar surface area (TPSA) is 6.25 Å². The van der Waals surface area contributed by atoms with E-state index < -0.39 is 0 Å². The van der Waals surface area contributed by atoms with Crippen molar-refractivity contribution in [2.45, 2.75) is 57.8 Å². The number of allylic oxidation sites excluding steroid dienone is 10. The highest BCUT2D eigenvalue weighted by Crippen LogP contribution is 2.52. The minimum Gasteiger partial charge on any atom is -0.347 e. The molecule has 3 aliphatic rings. The van der Waals surface area contributed by atoms with Crippen molar-refractivity contribution < 1.29 is 4.58 Å². The molecule has 0 saturated carbocycles. The van der Waals surface area contributed by atoms with Crippen LogP contribution in [0.3, 0.4) is 0 Å². The highest BCUT2D eigenvalue weighted by molar-refractivity contribution is 6.07. The second-order valence-corrected chi connectivity index (χ2v) is 13.4. The van der Waals surface area contributed by atoms with Crippen LogP contribution in [-0.4, -0.2) is 24.4 Å². The van der Waals surface area contributed by atoms with Gasteiger partial charge in [0, 0.05) is 41.6 Å². The van der Waals surface area contributed by atoms with Gasteiger partial charge in [-0.2, -0.15) is 4.58 Å². The van der Waals surface area contributed by atoms with E-state index in [9.17, 15) is 0 Å². The van der Waals surface area contributed by atoms with Gasteiger partial charge in [-0.15, -0.1) is 0 Å². The van der Waals surface area contributed by atoms with Gasteiger partial charge in [0.1, 0.15) is 7.05 Å². The van der Waals surface area contributed by atoms with Crippen molar-refractivity contribution >= 4 is 38.6 Å². The normalized spacial score (nSPS) is 22.9. The summed E-state index contributed by atoms with van der Waals surface area (Å²) in [4.78, 5) is 2.40. The highest BCUT2D eigenvalue weighted by Gasteiger charge is 2.44. The van der Waals surface area contributed by atoms with Gasteiger partial charge in [0.15, 0.2) is 5.71 Å². The quantitative estimate of drug-likeness (QED) is 0.215. The molecule has 4 aromatic carbocycles. The second kappa shape index (κ2) is 10.6. The van der Waals surface area contributed by atoms with Crippen molar-refractivity contribution in [1.82, 2.24) is 0 Å². The average molecular weight is 576 g/mol. The summed E-state index contributed by atoms with van der Waals surface area (Å²) in [6, 6.07) is 26.7. The molecule has 2 nitrogen and oxygen atoms in total. The third kappa shape index (κ3) is 4.34. The Kier molecular flexibility index (Phi) is 6.85. The Hall–Kier alpha value is -4.43. The third-order valence-electron chi connectivity index (χ3n) is 10.6. The summed E-state index contributed by atoms with van der Waals surface area (Å²) in [6.45, 7) is 9.43. The number of anilines is 1. The van der Waals surface area contributed by atoms with Gasteiger partial charge in [-0.1, -0.05) is 91.9 Å². The van der Waals surface area contributed by atoms with Crippen molar-refractivity contribution in [2.24, 2.45) is 0 Å². The summed E-state index contributed by atoms with van der Waals surface area (Å²) >= 11 is 0. The van der Waals surface area contributed by atoms with Gasteiger partial charge in [0.2, 0.25) is 5.69 Å². The third-order valence-corrected chi connectivity index (χ3v) is 10.6. The van der Waals surface area contributed by atoms with E-state index in [1.165, 1.54) is 66.6 Å². The maximum atomic E-state index is 2.41. The Morgan fingerprint density at radius 3 is 2.16 bits per heavy atom. The zero-order valence-electron chi connectivity index (χ0n) is 27.0. The average Bonchev–Trinajstić information content (AvgIpc) is 3.64. The number of benzene rings is 4. The van der Waals surface area contributed by atoms with Crippen LogP contribution >= 0.6 is 0 Å². The van der Waals surface area contributed by atoms with Gasteiger partial charge in [-0.05, 0) is 96.5 Å². The SMILES string of the molecule is CCC1(C)C(=CC=CC2=CC(=CC=CC3=[N+](C)c4ccc5ccccc5c4C3(C)C)CC2)N(C)c2ccc3ccccc3c21. The summed E-state index contributed by atoms with van der Waals surface area (Å²) < 4.78 is 2.37. The lowest BCUT2D eigenvalue weighted by molar-refractivity contribution is -0.401. The first kappa shape index (κ1) is 28.3. The molecule has 1 aliphatic carbocycles. The number of likely N-dealkylation sites (N-methyl/N-ethyl adjacent to an activating group) is 1. The van der Waals surface area contributed by atoms with E-state index in [1.54, 1.807) is 0 Å². The van der Waals surface area contributed by atoms with Crippen LogP contribution in [0.5, 0.6) is 0 Å². The number of nitrogens with zero attached hydrogens (tertiary/aromatic N) is 2. The van der Waals surface area contributed by atoms with Crippen LogP contribution < -0.4 is 4.90 Å². The van der Waals surface area contributed by atoms with Gasteiger partial charge in [0.05, 0.1) is 5.41 Å². The summed E-state index contributed by atoms with van der Waals surface area (Å²) in [5, 5.41) is 5.36. The molecule has 0 bridgehead atoms. The standard InChI is InChI=1S/C42H43N2/c1-7-42(4)38(44(6)36-27-25-32-17-9-11-19-34(32)40(36)42)21-13-15-30-23-22-29(28-30)14-12-20-37-41(2,3)39-33-18-10-8-16-31(33)24-26-35(39)43(37)5/h8-21,24-28H,7,22-23H2,1-6H3/q+1. The van der Waals surface area contributed by atoms with Crippen molar-refractivity contribution in [3.05, 3.63) is 143 Å². The molecule has 0 radical (unpaired) electrons. The van der Waals surface area contributed by atoms with E-state index in [0.29, 0.717) is 0 Å². The fourth-order valence-electron chi connectivity index (χ4n) is 8.05. The van der Waals surface area contributed by atoms with Gasteiger partial charge in [-0.25, -0.2) is 0 Å². The van der Waals surface area contributed by atoms with Gasteiger partial charge >= 0.3 is 0 Å². The maximum absolute atomic E-state index is 2.41. The predicted molar refractivity (Wildman–Crippen MR) is 190 cm³/mol. The van der Waals surface area contributed by atoms with Gasteiger partial charge in [0.25, 0.3) is 0 Å². The molecule has 2 heterocycles. The lowest BCUT2D eigenvalue weighted by Crippen LogP contribution is -2.26. The minimum absolute atomic E-state index is 0.0139. The van der Waals surface area contributed by atoms with Crippen LogP contribution in [0.4, 0.5) is 11.4 Å². The molecule has 0 amide bonds. The zero-order valence-corrected chi connectivity index (χ0v) is 27.0. The largest absolute Gasteiger partial charge is 0.347 e. The Morgan fingerprint density at radius 1 is 0.773 bits per heavy atom. The molecule has 0 N–H and O–H groups in total. The molecule has 0 fully saturated rings. The van der Waals surface area contributed by atoms with E-state index in [0.717, 1.165) is 19.3 Å². The fraction of sp³-hybridized carbons (Fsp3) is 0.262. The van der Waals surface area contributed by atoms with Gasteiger partial charge < -0.3 is 4.90 Å². The van der Waals surface area contributed by atoms with Crippen molar-refractivity contribution in [3.63, 3.8) is 0 Å². The zero-order chi connectivity index (χ0) is 30.6. The van der Waals surface area contributed by atoms with Crippen molar-refractivity contribution in [3.8, 4) is 0 Å². The van der Waals surface area contributed by atoms with E-state index in [2.05, 4.69) is 167 Å². The van der Waals surface area contributed by atoms with Crippen LogP contribution in [0.1, 0.15) is 58.1 Å². The molecule has 1 unspecified atom stereocenters. The smallest absolute Gasteiger partial charge is 0.210 e. The molecule has 2 heteroatoms. The number of hydrogen-bond donors (Lipinski definition) is 0. The predicted octanol–water partition coefficient (Wildman–Crippen LogP) is 10.5. The Balaban J connectivity index is 1.11. The van der Waals surface area contributed by atoms with E-state index in [4.69, 9.17) is 0 Å². The van der Waals surface area contributed by atoms with Crippen LogP contribution in [0.15, 0.2) is 132 Å². The molecule has 1 atom stereocenters. The minimum atomic E-state index is -0.0563. The first-order valence-corrected chi connectivity index (χ1v) is 16.1. The summed E-state index contributed by atoms with van der Waals surface area (Å²) in [5.74, 6) is 0. The molecule has 220 valence electrons. The fourth-order valence-corrected chi connectivity index (χ4v) is 8.05. The highest BCUT2D eigenvalue weighted by atomic mass is 15.2. The van der Waals surface area contributed by atoms with Crippen molar-refractivity contribution in [2.75, 3.05) is 19.0 Å². The Bertz CT molecular complexity index is 2010. The number of rotatable bonds is 5. The monoisotopic (exact) mass is 575 g/mol. The molecule has 7 rings (SSSR count).